The Balaban J connectivity index is 2.82. The molecule has 0 atom stereocenters. The molecule has 1 heterocycles. The molecule has 52 valence electrons. The molecule has 0 aliphatic heterocycles. The average Bonchev–Trinajstić information content (AvgIpc) is 2.36. The zero-order valence-electron chi connectivity index (χ0n) is 5.29. The normalized spacial score (nSPS) is 9.20. The number of aryl methyl sites for hydroxylation is 1. The summed E-state index contributed by atoms with van der Waals surface area (Å²) < 4.78 is 13.2. The third-order valence-electron chi connectivity index (χ3n) is 1.15. The van der Waals surface area contributed by atoms with Crippen molar-refractivity contribution in [1.29, 1.82) is 5.26 Å². The van der Waals surface area contributed by atoms with Crippen LogP contribution in [-0.4, -0.2) is 16.2 Å². The third-order valence-corrected chi connectivity index (χ3v) is 1.15. The number of halogens is 1. The van der Waals surface area contributed by atoms with Crippen molar-refractivity contribution >= 4 is 0 Å². The van der Waals surface area contributed by atoms with E-state index in [4.69, 9.17) is 5.26 Å². The lowest BCUT2D eigenvalue weighted by Crippen LogP contribution is -1.99. The molecule has 0 radical (unpaired) electrons. The highest BCUT2D eigenvalue weighted by Gasteiger charge is 1.97. The van der Waals surface area contributed by atoms with Gasteiger partial charge in [-0.25, -0.2) is 9.37 Å². The van der Waals surface area contributed by atoms with Crippen molar-refractivity contribution in [2.24, 2.45) is 0 Å². The summed E-state index contributed by atoms with van der Waals surface area (Å²) in [6.07, 6.45) is 2.85. The summed E-state index contributed by atoms with van der Waals surface area (Å²) in [5.41, 5.74) is 0.401. The monoisotopic (exact) mass is 139 g/mol. The van der Waals surface area contributed by atoms with Gasteiger partial charge in [-0.05, 0) is 0 Å². The van der Waals surface area contributed by atoms with Crippen LogP contribution in [0, 0.1) is 11.3 Å². The van der Waals surface area contributed by atoms with Crippen LogP contribution in [0.5, 0.6) is 0 Å². The van der Waals surface area contributed by atoms with E-state index in [2.05, 4.69) is 4.98 Å². The Hall–Kier alpha value is -1.37. The smallest absolute Gasteiger partial charge is 0.139 e. The maximum absolute atomic E-state index is 11.7. The summed E-state index contributed by atoms with van der Waals surface area (Å²) in [7, 11) is 0. The number of imidazole rings is 1. The molecule has 0 bridgehead atoms. The number of hydrogen-bond acceptors (Lipinski definition) is 2. The molecule has 0 amide bonds. The van der Waals surface area contributed by atoms with Crippen LogP contribution in [0.25, 0.3) is 0 Å². The van der Waals surface area contributed by atoms with Crippen LogP contribution in [0.2, 0.25) is 0 Å². The lowest BCUT2D eigenvalue weighted by molar-refractivity contribution is 0.444. The van der Waals surface area contributed by atoms with Crippen LogP contribution >= 0.6 is 0 Å². The van der Waals surface area contributed by atoms with Crippen molar-refractivity contribution in [2.75, 3.05) is 6.67 Å². The van der Waals surface area contributed by atoms with E-state index in [-0.39, 0.29) is 6.54 Å². The van der Waals surface area contributed by atoms with Crippen LogP contribution < -0.4 is 0 Å². The van der Waals surface area contributed by atoms with Gasteiger partial charge in [0.15, 0.2) is 0 Å². The first-order valence-electron chi connectivity index (χ1n) is 2.84. The molecule has 1 aromatic rings. The van der Waals surface area contributed by atoms with Crippen molar-refractivity contribution < 1.29 is 4.39 Å². The Morgan fingerprint density at radius 1 is 1.80 bits per heavy atom. The Morgan fingerprint density at radius 3 is 3.20 bits per heavy atom. The lowest BCUT2D eigenvalue weighted by atomic mass is 10.5. The molecule has 0 aliphatic rings. The quantitative estimate of drug-likeness (QED) is 0.605. The summed E-state index contributed by atoms with van der Waals surface area (Å²) in [5, 5.41) is 8.40. The molecule has 0 saturated carbocycles. The number of nitriles is 1. The molecule has 0 aromatic carbocycles. The van der Waals surface area contributed by atoms with Gasteiger partial charge in [-0.1, -0.05) is 0 Å². The number of hydrogen-bond donors (Lipinski definition) is 0. The van der Waals surface area contributed by atoms with Gasteiger partial charge in [-0.3, -0.25) is 0 Å². The predicted molar refractivity (Wildman–Crippen MR) is 32.9 cm³/mol. The van der Waals surface area contributed by atoms with Crippen molar-refractivity contribution in [1.82, 2.24) is 9.55 Å². The van der Waals surface area contributed by atoms with Crippen molar-refractivity contribution in [3.05, 3.63) is 18.2 Å². The summed E-state index contributed by atoms with van der Waals surface area (Å²) in [6, 6.07) is 1.89. The third kappa shape index (κ3) is 1.13. The fourth-order valence-corrected chi connectivity index (χ4v) is 0.683. The van der Waals surface area contributed by atoms with Gasteiger partial charge in [-0.15, -0.1) is 0 Å². The maximum atomic E-state index is 11.7. The molecular formula is C6H6FN3. The SMILES string of the molecule is N#Cc1cncn1CCF. The highest BCUT2D eigenvalue weighted by atomic mass is 19.1. The molecule has 0 N–H and O–H groups in total. The average molecular weight is 139 g/mol. The Labute approximate surface area is 57.7 Å². The number of alkyl halides is 1. The largest absolute Gasteiger partial charge is 0.320 e. The first-order valence-corrected chi connectivity index (χ1v) is 2.84. The van der Waals surface area contributed by atoms with Gasteiger partial charge in [0.1, 0.15) is 18.4 Å². The fraction of sp³-hybridized carbons (Fsp3) is 0.333. The summed E-state index contributed by atoms with van der Waals surface area (Å²) >= 11 is 0. The minimum Gasteiger partial charge on any atom is -0.320 e. The highest BCUT2D eigenvalue weighted by Crippen LogP contribution is 1.95. The minimum atomic E-state index is -0.467. The van der Waals surface area contributed by atoms with E-state index in [1.807, 2.05) is 6.07 Å². The molecule has 0 saturated heterocycles. The van der Waals surface area contributed by atoms with Crippen molar-refractivity contribution in [3.8, 4) is 6.07 Å². The molecule has 1 aromatic heterocycles. The minimum absolute atomic E-state index is 0.211. The van der Waals surface area contributed by atoms with Crippen LogP contribution in [0.1, 0.15) is 5.69 Å². The number of nitrogens with zero attached hydrogens (tertiary/aromatic N) is 3. The molecule has 0 unspecified atom stereocenters. The maximum Gasteiger partial charge on any atom is 0.139 e. The second kappa shape index (κ2) is 2.97. The molecule has 0 spiro atoms. The van der Waals surface area contributed by atoms with Gasteiger partial charge in [0.25, 0.3) is 0 Å². The van der Waals surface area contributed by atoms with Crippen LogP contribution in [-0.2, 0) is 6.54 Å². The van der Waals surface area contributed by atoms with E-state index >= 15 is 0 Å². The molecule has 10 heavy (non-hydrogen) atoms. The highest BCUT2D eigenvalue weighted by molar-refractivity contribution is 5.16. The first kappa shape index (κ1) is 6.75. The molecule has 1 rings (SSSR count). The van der Waals surface area contributed by atoms with Crippen molar-refractivity contribution in [3.63, 3.8) is 0 Å². The summed E-state index contributed by atoms with van der Waals surface area (Å²) in [5.74, 6) is 0. The second-order valence-corrected chi connectivity index (χ2v) is 1.77. The summed E-state index contributed by atoms with van der Waals surface area (Å²) in [6.45, 7) is -0.256. The van der Waals surface area contributed by atoms with E-state index in [1.165, 1.54) is 17.1 Å². The standard InChI is InChI=1S/C6H6FN3/c7-1-2-10-5-9-4-6(10)3-8/h4-5H,1-2H2. The number of rotatable bonds is 2. The van der Waals surface area contributed by atoms with Gasteiger partial charge in [0.2, 0.25) is 0 Å². The van der Waals surface area contributed by atoms with E-state index in [1.54, 1.807) is 0 Å². The Bertz CT molecular complexity index is 248. The van der Waals surface area contributed by atoms with Gasteiger partial charge in [-0.2, -0.15) is 5.26 Å². The van der Waals surface area contributed by atoms with E-state index in [9.17, 15) is 4.39 Å². The van der Waals surface area contributed by atoms with E-state index in [0.29, 0.717) is 5.69 Å². The van der Waals surface area contributed by atoms with E-state index < -0.39 is 6.67 Å². The molecule has 4 heteroatoms. The van der Waals surface area contributed by atoms with Crippen LogP contribution in [0.15, 0.2) is 12.5 Å². The van der Waals surface area contributed by atoms with Gasteiger partial charge < -0.3 is 4.57 Å². The topological polar surface area (TPSA) is 41.6 Å². The molecule has 3 nitrogen and oxygen atoms in total. The summed E-state index contributed by atoms with van der Waals surface area (Å²) in [4.78, 5) is 3.69. The zero-order valence-corrected chi connectivity index (χ0v) is 5.29. The fourth-order valence-electron chi connectivity index (χ4n) is 0.683. The second-order valence-electron chi connectivity index (χ2n) is 1.77. The number of aromatic nitrogens is 2. The predicted octanol–water partition coefficient (Wildman–Crippen LogP) is 0.724. The van der Waals surface area contributed by atoms with Gasteiger partial charge in [0, 0.05) is 0 Å². The van der Waals surface area contributed by atoms with E-state index in [0.717, 1.165) is 0 Å². The Morgan fingerprint density at radius 2 is 2.60 bits per heavy atom. The van der Waals surface area contributed by atoms with Crippen LogP contribution in [0.4, 0.5) is 4.39 Å². The van der Waals surface area contributed by atoms with Gasteiger partial charge >= 0.3 is 0 Å². The molecule has 0 fully saturated rings. The Kier molecular flexibility index (Phi) is 2.00. The lowest BCUT2D eigenvalue weighted by Gasteiger charge is -1.95. The zero-order chi connectivity index (χ0) is 7.40. The molecular weight excluding hydrogens is 133 g/mol. The molecule has 0 aliphatic carbocycles. The first-order chi connectivity index (χ1) is 4.88. The van der Waals surface area contributed by atoms with Gasteiger partial charge in [0.05, 0.1) is 19.1 Å². The van der Waals surface area contributed by atoms with Crippen LogP contribution in [0.3, 0.4) is 0 Å². The van der Waals surface area contributed by atoms with Crippen molar-refractivity contribution in [2.45, 2.75) is 6.54 Å².